The SMILES string of the molecule is COc1ccc([C@H]2C[C@@]3(C)[C@@H](CC[C@@]3(O)/C=C\COC3CCCCO3)[C@@H]3CC[C@@]4(O)CC5(CCC4=C32)OCC(C)(C)CO5)cc1. The van der Waals surface area contributed by atoms with Crippen molar-refractivity contribution in [1.29, 1.82) is 0 Å². The number of aliphatic hydroxyl groups is 2. The Morgan fingerprint density at radius 1 is 0.956 bits per heavy atom. The summed E-state index contributed by atoms with van der Waals surface area (Å²) >= 11 is 0. The van der Waals surface area contributed by atoms with E-state index in [1.165, 1.54) is 16.7 Å². The molecule has 7 heteroatoms. The second kappa shape index (κ2) is 11.7. The van der Waals surface area contributed by atoms with Crippen LogP contribution in [-0.2, 0) is 18.9 Å². The molecule has 7 rings (SSSR count). The molecule has 0 radical (unpaired) electrons. The molecule has 5 fully saturated rings. The topological polar surface area (TPSA) is 86.6 Å². The molecule has 0 amide bonds. The monoisotopic (exact) mass is 622 g/mol. The van der Waals surface area contributed by atoms with Crippen molar-refractivity contribution in [3.8, 4) is 5.75 Å². The molecule has 7 nitrogen and oxygen atoms in total. The smallest absolute Gasteiger partial charge is 0.171 e. The summed E-state index contributed by atoms with van der Waals surface area (Å²) in [5, 5.41) is 24.9. The lowest BCUT2D eigenvalue weighted by molar-refractivity contribution is -0.322. The van der Waals surface area contributed by atoms with Gasteiger partial charge in [0.25, 0.3) is 0 Å². The van der Waals surface area contributed by atoms with Crippen LogP contribution in [0.15, 0.2) is 47.6 Å². The zero-order valence-electron chi connectivity index (χ0n) is 27.8. The molecular formula is C38H54O7. The molecule has 1 aromatic rings. The molecule has 1 spiro atoms. The molecule has 6 aliphatic rings. The van der Waals surface area contributed by atoms with E-state index in [1.807, 2.05) is 24.3 Å². The van der Waals surface area contributed by atoms with E-state index in [0.717, 1.165) is 70.1 Å². The van der Waals surface area contributed by atoms with E-state index in [0.29, 0.717) is 44.5 Å². The highest BCUT2D eigenvalue weighted by atomic mass is 16.7. The molecule has 45 heavy (non-hydrogen) atoms. The lowest BCUT2D eigenvalue weighted by Crippen LogP contribution is -2.58. The van der Waals surface area contributed by atoms with Gasteiger partial charge in [0, 0.05) is 36.2 Å². The fraction of sp³-hybridized carbons (Fsp3) is 0.737. The Morgan fingerprint density at radius 2 is 1.73 bits per heavy atom. The van der Waals surface area contributed by atoms with Gasteiger partial charge < -0.3 is 33.9 Å². The standard InChI is InChI=1S/C38H54O7/c1-34(2)24-44-38(45-25-34)19-15-31-33-28(13-17-36(31,39)23-38)30-14-18-37(40,16-7-21-43-32-8-5-6-20-42-32)35(30,3)22-29(33)26-9-11-27(41-4)12-10-26/h7,9-12,16,28-30,32,39-40H,5-6,8,13-15,17-25H2,1-4H3/b16-7-/t28-,29+,30-,32?,35-,36+,37-/m0/s1. The Balaban J connectivity index is 1.20. The van der Waals surface area contributed by atoms with E-state index in [2.05, 4.69) is 32.9 Å². The lowest BCUT2D eigenvalue weighted by Gasteiger charge is -2.58. The molecule has 0 bridgehead atoms. The van der Waals surface area contributed by atoms with Crippen molar-refractivity contribution in [1.82, 2.24) is 0 Å². The predicted molar refractivity (Wildman–Crippen MR) is 172 cm³/mol. The number of benzene rings is 1. The van der Waals surface area contributed by atoms with E-state index < -0.39 is 17.0 Å². The third-order valence-electron chi connectivity index (χ3n) is 12.5. The average molecular weight is 623 g/mol. The predicted octanol–water partition coefficient (Wildman–Crippen LogP) is 6.82. The van der Waals surface area contributed by atoms with Gasteiger partial charge in [-0.2, -0.15) is 0 Å². The van der Waals surface area contributed by atoms with Crippen molar-refractivity contribution in [2.24, 2.45) is 22.7 Å². The summed E-state index contributed by atoms with van der Waals surface area (Å²) in [6.45, 7) is 9.17. The quantitative estimate of drug-likeness (QED) is 0.337. The highest BCUT2D eigenvalue weighted by molar-refractivity contribution is 5.45. The maximum absolute atomic E-state index is 12.5. The van der Waals surface area contributed by atoms with Gasteiger partial charge in [-0.25, -0.2) is 0 Å². The highest BCUT2D eigenvalue weighted by Gasteiger charge is 2.64. The Labute approximate surface area is 269 Å². The van der Waals surface area contributed by atoms with Crippen LogP contribution in [0.25, 0.3) is 0 Å². The van der Waals surface area contributed by atoms with E-state index >= 15 is 0 Å². The van der Waals surface area contributed by atoms with E-state index in [9.17, 15) is 10.2 Å². The third kappa shape index (κ3) is 5.63. The van der Waals surface area contributed by atoms with Crippen molar-refractivity contribution in [3.05, 3.63) is 53.1 Å². The maximum atomic E-state index is 12.5. The van der Waals surface area contributed by atoms with Crippen LogP contribution in [0.3, 0.4) is 0 Å². The molecule has 7 atom stereocenters. The second-order valence-corrected chi connectivity index (χ2v) is 16.0. The number of methoxy groups -OCH3 is 1. The minimum Gasteiger partial charge on any atom is -0.497 e. The fourth-order valence-electron chi connectivity index (χ4n) is 9.95. The third-order valence-corrected chi connectivity index (χ3v) is 12.5. The number of ether oxygens (including phenoxy) is 5. The van der Waals surface area contributed by atoms with Gasteiger partial charge in [-0.3, -0.25) is 0 Å². The van der Waals surface area contributed by atoms with Crippen LogP contribution in [0.1, 0.15) is 103 Å². The van der Waals surface area contributed by atoms with Crippen LogP contribution in [-0.4, -0.2) is 67.0 Å². The Morgan fingerprint density at radius 3 is 2.44 bits per heavy atom. The summed E-state index contributed by atoms with van der Waals surface area (Å²) in [5.74, 6) is 0.902. The molecule has 2 N–H and O–H groups in total. The Bertz CT molecular complexity index is 1290. The molecule has 248 valence electrons. The van der Waals surface area contributed by atoms with Crippen LogP contribution in [0.5, 0.6) is 5.75 Å². The van der Waals surface area contributed by atoms with E-state index in [1.54, 1.807) is 7.11 Å². The Kier molecular flexibility index (Phi) is 8.31. The van der Waals surface area contributed by atoms with E-state index in [-0.39, 0.29) is 23.0 Å². The lowest BCUT2D eigenvalue weighted by atomic mass is 9.49. The van der Waals surface area contributed by atoms with Gasteiger partial charge >= 0.3 is 0 Å². The number of allylic oxidation sites excluding steroid dienone is 1. The van der Waals surface area contributed by atoms with Gasteiger partial charge in [-0.05, 0) is 92.9 Å². The summed E-state index contributed by atoms with van der Waals surface area (Å²) < 4.78 is 30.1. The fourth-order valence-corrected chi connectivity index (χ4v) is 9.95. The van der Waals surface area contributed by atoms with Crippen molar-refractivity contribution in [3.63, 3.8) is 0 Å². The van der Waals surface area contributed by atoms with Crippen molar-refractivity contribution in [2.75, 3.05) is 33.5 Å². The second-order valence-electron chi connectivity index (χ2n) is 16.0. The number of hydrogen-bond donors (Lipinski definition) is 2. The first kappa shape index (κ1) is 31.8. The van der Waals surface area contributed by atoms with Gasteiger partial charge in [0.1, 0.15) is 5.75 Å². The highest BCUT2D eigenvalue weighted by Crippen LogP contribution is 2.68. The minimum atomic E-state index is -0.933. The molecule has 0 aromatic heterocycles. The summed E-state index contributed by atoms with van der Waals surface area (Å²) in [7, 11) is 1.70. The first-order valence-corrected chi connectivity index (χ1v) is 17.5. The van der Waals surface area contributed by atoms with Crippen LogP contribution in [0, 0.1) is 22.7 Å². The summed E-state index contributed by atoms with van der Waals surface area (Å²) in [4.78, 5) is 0. The van der Waals surface area contributed by atoms with E-state index in [4.69, 9.17) is 23.7 Å². The number of fused-ring (bicyclic) bond motifs is 4. The zero-order chi connectivity index (χ0) is 31.5. The van der Waals surface area contributed by atoms with Crippen LogP contribution < -0.4 is 4.74 Å². The van der Waals surface area contributed by atoms with Gasteiger partial charge in [0.15, 0.2) is 12.1 Å². The molecule has 4 aliphatic carbocycles. The largest absolute Gasteiger partial charge is 0.497 e. The minimum absolute atomic E-state index is 0.0129. The van der Waals surface area contributed by atoms with Crippen molar-refractivity contribution < 1.29 is 33.9 Å². The van der Waals surface area contributed by atoms with Gasteiger partial charge in [-0.1, -0.05) is 50.6 Å². The molecule has 1 aromatic carbocycles. The normalized spacial score (nSPS) is 40.7. The Hall–Kier alpha value is -1.74. The summed E-state index contributed by atoms with van der Waals surface area (Å²) in [6, 6.07) is 8.47. The first-order chi connectivity index (χ1) is 21.5. The average Bonchev–Trinajstić information content (AvgIpc) is 3.30. The molecular weight excluding hydrogens is 568 g/mol. The van der Waals surface area contributed by atoms with Crippen molar-refractivity contribution >= 4 is 0 Å². The molecule has 2 heterocycles. The van der Waals surface area contributed by atoms with Crippen molar-refractivity contribution in [2.45, 2.75) is 121 Å². The van der Waals surface area contributed by atoms with Gasteiger partial charge in [0.05, 0.1) is 38.1 Å². The summed E-state index contributed by atoms with van der Waals surface area (Å²) in [6.07, 6.45) is 13.3. The van der Waals surface area contributed by atoms with Gasteiger partial charge in [-0.15, -0.1) is 0 Å². The van der Waals surface area contributed by atoms with Crippen LogP contribution in [0.4, 0.5) is 0 Å². The maximum Gasteiger partial charge on any atom is 0.171 e. The summed E-state index contributed by atoms with van der Waals surface area (Å²) in [5.41, 5.74) is 1.70. The van der Waals surface area contributed by atoms with Crippen LogP contribution >= 0.6 is 0 Å². The molecule has 1 unspecified atom stereocenters. The molecule has 2 saturated heterocycles. The molecule has 3 saturated carbocycles. The zero-order valence-corrected chi connectivity index (χ0v) is 27.8. The first-order valence-electron chi connectivity index (χ1n) is 17.5. The number of rotatable bonds is 6. The number of hydrogen-bond acceptors (Lipinski definition) is 7. The molecule has 2 aliphatic heterocycles. The van der Waals surface area contributed by atoms with Crippen LogP contribution in [0.2, 0.25) is 0 Å². The van der Waals surface area contributed by atoms with Gasteiger partial charge in [0.2, 0.25) is 0 Å².